The van der Waals surface area contributed by atoms with Gasteiger partial charge in [-0.25, -0.2) is 0 Å². The van der Waals surface area contributed by atoms with Crippen molar-refractivity contribution in [2.24, 2.45) is 5.92 Å². The molecule has 0 bridgehead atoms. The summed E-state index contributed by atoms with van der Waals surface area (Å²) in [5, 5.41) is 29.5. The number of aliphatic hydroxyl groups is 2. The van der Waals surface area contributed by atoms with Crippen LogP contribution in [-0.2, 0) is 0 Å². The highest BCUT2D eigenvalue weighted by Crippen LogP contribution is 2.24. The van der Waals surface area contributed by atoms with Gasteiger partial charge in [-0.2, -0.15) is 0 Å². The second-order valence-corrected chi connectivity index (χ2v) is 3.67. The van der Waals surface area contributed by atoms with Crippen molar-refractivity contribution < 1.29 is 15.1 Å². The van der Waals surface area contributed by atoms with Gasteiger partial charge in [-0.15, -0.1) is 0 Å². The minimum Gasteiger partial charge on any atom is -0.396 e. The summed E-state index contributed by atoms with van der Waals surface area (Å²) < 4.78 is 0. The highest BCUT2D eigenvalue weighted by Gasteiger charge is 2.18. The van der Waals surface area contributed by atoms with Crippen molar-refractivity contribution in [2.45, 2.75) is 13.0 Å². The molecule has 2 atom stereocenters. The summed E-state index contributed by atoms with van der Waals surface area (Å²) in [5.41, 5.74) is 0.528. The molecule has 0 aliphatic heterocycles. The van der Waals surface area contributed by atoms with Crippen LogP contribution in [0.2, 0.25) is 0 Å². The molecule has 0 saturated heterocycles. The van der Waals surface area contributed by atoms with Crippen molar-refractivity contribution in [3.63, 3.8) is 0 Å². The molecule has 0 saturated carbocycles. The zero-order valence-corrected chi connectivity index (χ0v) is 9.48. The lowest BCUT2D eigenvalue weighted by Crippen LogP contribution is -2.14. The van der Waals surface area contributed by atoms with E-state index in [0.717, 1.165) is 0 Å². The van der Waals surface area contributed by atoms with E-state index in [1.54, 1.807) is 19.1 Å². The summed E-state index contributed by atoms with van der Waals surface area (Å²) in [7, 11) is 0. The minimum absolute atomic E-state index is 0.0208. The minimum atomic E-state index is -0.864. The van der Waals surface area contributed by atoms with E-state index in [1.165, 1.54) is 24.3 Å². The summed E-state index contributed by atoms with van der Waals surface area (Å²) in [5.74, 6) is -0.401. The number of nitro benzene ring substituents is 1. The number of non-ortho nitro benzene ring substituents is 1. The van der Waals surface area contributed by atoms with Gasteiger partial charge in [-0.3, -0.25) is 10.1 Å². The molecule has 0 spiro atoms. The first kappa shape index (κ1) is 13.3. The maximum Gasteiger partial charge on any atom is 0.269 e. The Morgan fingerprint density at radius 1 is 1.41 bits per heavy atom. The van der Waals surface area contributed by atoms with E-state index in [0.29, 0.717) is 5.56 Å². The second kappa shape index (κ2) is 6.12. The third-order valence-electron chi connectivity index (χ3n) is 2.50. The normalized spacial score (nSPS) is 14.8. The molecule has 5 nitrogen and oxygen atoms in total. The van der Waals surface area contributed by atoms with Gasteiger partial charge in [0.1, 0.15) is 0 Å². The van der Waals surface area contributed by atoms with Crippen LogP contribution in [0.3, 0.4) is 0 Å². The maximum absolute atomic E-state index is 10.5. The maximum atomic E-state index is 10.5. The predicted molar refractivity (Wildman–Crippen MR) is 63.4 cm³/mol. The van der Waals surface area contributed by atoms with Gasteiger partial charge >= 0.3 is 0 Å². The van der Waals surface area contributed by atoms with E-state index in [4.69, 9.17) is 5.11 Å². The number of hydrogen-bond acceptors (Lipinski definition) is 4. The van der Waals surface area contributed by atoms with Gasteiger partial charge in [0.2, 0.25) is 0 Å². The molecular weight excluding hydrogens is 222 g/mol. The topological polar surface area (TPSA) is 83.6 Å². The molecule has 1 rings (SSSR count). The molecule has 1 aromatic rings. The lowest BCUT2D eigenvalue weighted by atomic mass is 9.96. The van der Waals surface area contributed by atoms with Gasteiger partial charge in [-0.05, 0) is 24.6 Å². The van der Waals surface area contributed by atoms with Gasteiger partial charge in [0.25, 0.3) is 5.69 Å². The Morgan fingerprint density at radius 2 is 2.00 bits per heavy atom. The number of rotatable bonds is 5. The zero-order valence-electron chi connectivity index (χ0n) is 9.48. The Morgan fingerprint density at radius 3 is 2.41 bits per heavy atom. The van der Waals surface area contributed by atoms with E-state index in [2.05, 4.69) is 0 Å². The fraction of sp³-hybridized carbons (Fsp3) is 0.333. The van der Waals surface area contributed by atoms with Crippen LogP contribution in [-0.4, -0.2) is 21.7 Å². The van der Waals surface area contributed by atoms with E-state index in [9.17, 15) is 15.2 Å². The predicted octanol–water partition coefficient (Wildman–Crippen LogP) is 1.81. The molecule has 0 aliphatic carbocycles. The molecule has 0 aromatic heterocycles. The molecule has 1 aromatic carbocycles. The lowest BCUT2D eigenvalue weighted by Gasteiger charge is -2.17. The van der Waals surface area contributed by atoms with Crippen molar-refractivity contribution in [3.8, 4) is 0 Å². The van der Waals surface area contributed by atoms with Crippen molar-refractivity contribution in [1.29, 1.82) is 0 Å². The van der Waals surface area contributed by atoms with Crippen LogP contribution in [0.4, 0.5) is 5.69 Å². The molecule has 5 heteroatoms. The van der Waals surface area contributed by atoms with Crippen LogP contribution in [0.25, 0.3) is 0 Å². The Kier molecular flexibility index (Phi) is 4.81. The summed E-state index contributed by atoms with van der Waals surface area (Å²) >= 11 is 0. The number of benzene rings is 1. The van der Waals surface area contributed by atoms with E-state index in [-0.39, 0.29) is 12.3 Å². The molecule has 2 N–H and O–H groups in total. The van der Waals surface area contributed by atoms with E-state index >= 15 is 0 Å². The summed E-state index contributed by atoms with van der Waals surface area (Å²) in [4.78, 5) is 9.97. The Labute approximate surface area is 99.2 Å². The third-order valence-corrected chi connectivity index (χ3v) is 2.50. The molecule has 0 aliphatic rings. The number of nitro groups is 1. The zero-order chi connectivity index (χ0) is 12.8. The highest BCUT2D eigenvalue weighted by molar-refractivity contribution is 5.34. The molecule has 0 radical (unpaired) electrons. The molecular formula is C12H15NO4. The number of nitrogens with zero attached hydrogens (tertiary/aromatic N) is 1. The molecule has 0 amide bonds. The molecule has 17 heavy (non-hydrogen) atoms. The molecule has 0 unspecified atom stereocenters. The summed E-state index contributed by atoms with van der Waals surface area (Å²) in [6, 6.07) is 5.66. The van der Waals surface area contributed by atoms with Crippen molar-refractivity contribution >= 4 is 5.69 Å². The molecule has 0 fully saturated rings. The van der Waals surface area contributed by atoms with Crippen LogP contribution in [0.5, 0.6) is 0 Å². The smallest absolute Gasteiger partial charge is 0.269 e. The largest absolute Gasteiger partial charge is 0.396 e. The van der Waals surface area contributed by atoms with Gasteiger partial charge in [0.05, 0.1) is 17.6 Å². The highest BCUT2D eigenvalue weighted by atomic mass is 16.6. The number of allylic oxidation sites excluding steroid dienone is 1. The molecule has 92 valence electrons. The van der Waals surface area contributed by atoms with Crippen molar-refractivity contribution in [1.82, 2.24) is 0 Å². The van der Waals surface area contributed by atoms with Crippen LogP contribution < -0.4 is 0 Å². The van der Waals surface area contributed by atoms with Gasteiger partial charge in [0, 0.05) is 18.1 Å². The summed E-state index contributed by atoms with van der Waals surface area (Å²) in [6.45, 7) is 1.62. The van der Waals surface area contributed by atoms with Crippen LogP contribution in [0.15, 0.2) is 36.4 Å². The SMILES string of the molecule is C/C=C/[C@H](CO)[C@@H](O)c1ccc([N+](=O)[O-])cc1. The average Bonchev–Trinajstić information content (AvgIpc) is 2.35. The summed E-state index contributed by atoms with van der Waals surface area (Å²) in [6.07, 6.45) is 2.58. The first-order chi connectivity index (χ1) is 8.10. The second-order valence-electron chi connectivity index (χ2n) is 3.67. The van der Waals surface area contributed by atoms with Crippen LogP contribution in [0.1, 0.15) is 18.6 Å². The monoisotopic (exact) mass is 237 g/mol. The quantitative estimate of drug-likeness (QED) is 0.464. The Bertz CT molecular complexity index is 399. The van der Waals surface area contributed by atoms with E-state index < -0.39 is 16.9 Å². The number of aliphatic hydroxyl groups excluding tert-OH is 2. The Balaban J connectivity index is 2.88. The van der Waals surface area contributed by atoms with Crippen molar-refractivity contribution in [3.05, 3.63) is 52.1 Å². The van der Waals surface area contributed by atoms with E-state index in [1.807, 2.05) is 0 Å². The fourth-order valence-electron chi connectivity index (χ4n) is 1.55. The number of hydrogen-bond donors (Lipinski definition) is 2. The first-order valence-electron chi connectivity index (χ1n) is 5.26. The van der Waals surface area contributed by atoms with Gasteiger partial charge in [-0.1, -0.05) is 12.2 Å². The van der Waals surface area contributed by atoms with Gasteiger partial charge in [0.15, 0.2) is 0 Å². The van der Waals surface area contributed by atoms with Gasteiger partial charge < -0.3 is 10.2 Å². The first-order valence-corrected chi connectivity index (χ1v) is 5.26. The fourth-order valence-corrected chi connectivity index (χ4v) is 1.55. The van der Waals surface area contributed by atoms with Crippen molar-refractivity contribution in [2.75, 3.05) is 6.61 Å². The third kappa shape index (κ3) is 3.37. The van der Waals surface area contributed by atoms with Crippen LogP contribution >= 0.6 is 0 Å². The molecule has 0 heterocycles. The standard InChI is InChI=1S/C12H15NO4/c1-2-3-10(8-14)12(15)9-4-6-11(7-5-9)13(16)17/h2-7,10,12,14-15H,8H2,1H3/b3-2+/t10-,12+/m1/s1. The lowest BCUT2D eigenvalue weighted by molar-refractivity contribution is -0.384. The Hall–Kier alpha value is -1.72. The average molecular weight is 237 g/mol. The van der Waals surface area contributed by atoms with Crippen LogP contribution in [0, 0.1) is 16.0 Å².